The number of aromatic nitrogens is 6. The Kier molecular flexibility index (Phi) is 5.45. The molecule has 1 aromatic carbocycles. The summed E-state index contributed by atoms with van der Waals surface area (Å²) in [4.78, 5) is 45.9. The normalized spacial score (nSPS) is 11.5. The van der Waals surface area contributed by atoms with Crippen molar-refractivity contribution in [2.75, 3.05) is 5.32 Å². The first-order chi connectivity index (χ1) is 14.9. The zero-order valence-electron chi connectivity index (χ0n) is 17.8. The lowest BCUT2D eigenvalue weighted by molar-refractivity contribution is -0.116. The van der Waals surface area contributed by atoms with Crippen molar-refractivity contribution in [3.8, 4) is 0 Å². The maximum Gasteiger partial charge on any atom is 0.332 e. The van der Waals surface area contributed by atoms with Gasteiger partial charge in [0.2, 0.25) is 11.9 Å². The number of nitrogens with zero attached hydrogens (tertiary/aromatic N) is 6. The van der Waals surface area contributed by atoms with Gasteiger partial charge in [0.1, 0.15) is 0 Å². The average Bonchev–Trinajstić information content (AvgIpc) is 3.33. The summed E-state index contributed by atoms with van der Waals surface area (Å²) in [7, 11) is 3.02. The topological polar surface area (TPSA) is 109 Å². The molecule has 0 unspecified atom stereocenters. The predicted octanol–water partition coefficient (Wildman–Crippen LogP) is 1.61. The lowest BCUT2D eigenvalue weighted by atomic mass is 10.3. The Morgan fingerprint density at radius 1 is 1.10 bits per heavy atom. The number of hydrogen-bond donors (Lipinski definition) is 1. The Labute approximate surface area is 177 Å². The Bertz CT molecular complexity index is 1390. The van der Waals surface area contributed by atoms with E-state index in [9.17, 15) is 14.4 Å². The molecule has 3 heterocycles. The van der Waals surface area contributed by atoms with Crippen molar-refractivity contribution in [2.45, 2.75) is 39.3 Å². The van der Waals surface area contributed by atoms with E-state index >= 15 is 0 Å². The molecule has 0 atom stereocenters. The maximum atomic E-state index is 12.6. The van der Waals surface area contributed by atoms with E-state index < -0.39 is 11.2 Å². The molecular formula is C21H25N7O3. The molecule has 0 aliphatic rings. The molecule has 10 heteroatoms. The number of carbonyl (C=O) groups is 1. The molecule has 4 aromatic rings. The standard InChI is InChI=1S/C21H25N7O3/c1-4-11-28-15-9-6-5-8-14(15)23-20(28)24-16(29)10-7-12-27-13-22-18-17(27)19(30)26(3)21(31)25(18)2/h5-6,8-9,13H,4,7,10-12H2,1-3H3,(H,23,24,29). The second-order valence-corrected chi connectivity index (χ2v) is 7.54. The number of benzene rings is 1. The van der Waals surface area contributed by atoms with E-state index in [1.54, 1.807) is 11.6 Å². The number of imidazole rings is 2. The third-order valence-electron chi connectivity index (χ3n) is 5.37. The second-order valence-electron chi connectivity index (χ2n) is 7.54. The summed E-state index contributed by atoms with van der Waals surface area (Å²) in [5.41, 5.74) is 1.72. The van der Waals surface area contributed by atoms with E-state index in [0.29, 0.717) is 30.1 Å². The Balaban J connectivity index is 1.47. The van der Waals surface area contributed by atoms with Crippen LogP contribution in [0.1, 0.15) is 26.2 Å². The number of carbonyl (C=O) groups excluding carboxylic acids is 1. The molecule has 0 radical (unpaired) electrons. The van der Waals surface area contributed by atoms with Crippen LogP contribution in [0.3, 0.4) is 0 Å². The monoisotopic (exact) mass is 423 g/mol. The van der Waals surface area contributed by atoms with Crippen molar-refractivity contribution in [1.29, 1.82) is 0 Å². The quantitative estimate of drug-likeness (QED) is 0.486. The fraction of sp³-hybridized carbons (Fsp3) is 0.381. The van der Waals surface area contributed by atoms with Crippen LogP contribution in [0.2, 0.25) is 0 Å². The molecular weight excluding hydrogens is 398 g/mol. The smallest absolute Gasteiger partial charge is 0.325 e. The first-order valence-electron chi connectivity index (χ1n) is 10.3. The van der Waals surface area contributed by atoms with Gasteiger partial charge in [0.15, 0.2) is 11.2 Å². The van der Waals surface area contributed by atoms with Crippen molar-refractivity contribution in [1.82, 2.24) is 28.2 Å². The molecule has 1 amide bonds. The third-order valence-corrected chi connectivity index (χ3v) is 5.37. The summed E-state index contributed by atoms with van der Waals surface area (Å²) in [5.74, 6) is 0.405. The molecule has 1 N–H and O–H groups in total. The fourth-order valence-electron chi connectivity index (χ4n) is 3.78. The second kappa shape index (κ2) is 8.21. The highest BCUT2D eigenvalue weighted by Crippen LogP contribution is 2.20. The van der Waals surface area contributed by atoms with Crippen LogP contribution in [0.5, 0.6) is 0 Å². The SMILES string of the molecule is CCCn1c(NC(=O)CCCn2cnc3c2c(=O)n(C)c(=O)n3C)nc2ccccc21. The zero-order chi connectivity index (χ0) is 22.1. The molecule has 162 valence electrons. The van der Waals surface area contributed by atoms with E-state index in [1.807, 2.05) is 28.8 Å². The average molecular weight is 423 g/mol. The van der Waals surface area contributed by atoms with E-state index in [1.165, 1.54) is 17.9 Å². The largest absolute Gasteiger partial charge is 0.332 e. The lowest BCUT2D eigenvalue weighted by Gasteiger charge is -2.09. The highest BCUT2D eigenvalue weighted by molar-refractivity contribution is 5.91. The van der Waals surface area contributed by atoms with Crippen molar-refractivity contribution >= 4 is 34.1 Å². The van der Waals surface area contributed by atoms with Crippen LogP contribution >= 0.6 is 0 Å². The molecule has 0 saturated carbocycles. The number of para-hydroxylation sites is 2. The minimum atomic E-state index is -0.419. The number of rotatable bonds is 7. The minimum Gasteiger partial charge on any atom is -0.325 e. The number of fused-ring (bicyclic) bond motifs is 2. The Morgan fingerprint density at radius 3 is 2.65 bits per heavy atom. The van der Waals surface area contributed by atoms with Crippen LogP contribution in [-0.2, 0) is 32.0 Å². The molecule has 0 aliphatic heterocycles. The van der Waals surface area contributed by atoms with E-state index in [2.05, 4.69) is 22.2 Å². The lowest BCUT2D eigenvalue weighted by Crippen LogP contribution is -2.37. The van der Waals surface area contributed by atoms with Crippen LogP contribution in [0.25, 0.3) is 22.2 Å². The summed E-state index contributed by atoms with van der Waals surface area (Å²) in [6, 6.07) is 7.80. The van der Waals surface area contributed by atoms with Crippen LogP contribution in [0.4, 0.5) is 5.95 Å². The van der Waals surface area contributed by atoms with Gasteiger partial charge in [0.25, 0.3) is 5.56 Å². The maximum absolute atomic E-state index is 12.6. The first-order valence-corrected chi connectivity index (χ1v) is 10.3. The van der Waals surface area contributed by atoms with Gasteiger partial charge in [-0.05, 0) is 25.0 Å². The zero-order valence-corrected chi connectivity index (χ0v) is 17.8. The van der Waals surface area contributed by atoms with E-state index in [4.69, 9.17) is 0 Å². The summed E-state index contributed by atoms with van der Waals surface area (Å²) >= 11 is 0. The molecule has 4 rings (SSSR count). The number of amides is 1. The number of hydrogen-bond acceptors (Lipinski definition) is 5. The minimum absolute atomic E-state index is 0.141. The van der Waals surface area contributed by atoms with Gasteiger partial charge in [-0.2, -0.15) is 0 Å². The first kappa shape index (κ1) is 20.6. The van der Waals surface area contributed by atoms with Gasteiger partial charge in [-0.1, -0.05) is 19.1 Å². The van der Waals surface area contributed by atoms with Crippen LogP contribution in [0.15, 0.2) is 40.2 Å². The van der Waals surface area contributed by atoms with Crippen molar-refractivity contribution < 1.29 is 4.79 Å². The number of nitrogens with one attached hydrogen (secondary N) is 1. The Hall–Kier alpha value is -3.69. The predicted molar refractivity (Wildman–Crippen MR) is 118 cm³/mol. The van der Waals surface area contributed by atoms with Gasteiger partial charge in [0, 0.05) is 33.6 Å². The van der Waals surface area contributed by atoms with Crippen LogP contribution in [-0.4, -0.2) is 34.1 Å². The highest BCUT2D eigenvalue weighted by atomic mass is 16.2. The number of anilines is 1. The van der Waals surface area contributed by atoms with Gasteiger partial charge in [-0.25, -0.2) is 14.8 Å². The van der Waals surface area contributed by atoms with Crippen molar-refractivity contribution in [2.24, 2.45) is 14.1 Å². The van der Waals surface area contributed by atoms with Gasteiger partial charge in [-0.3, -0.25) is 24.0 Å². The molecule has 0 saturated heterocycles. The summed E-state index contributed by atoms with van der Waals surface area (Å²) < 4.78 is 6.11. The third kappa shape index (κ3) is 3.65. The van der Waals surface area contributed by atoms with Crippen molar-refractivity contribution in [3.63, 3.8) is 0 Å². The van der Waals surface area contributed by atoms with E-state index in [0.717, 1.165) is 28.6 Å². The van der Waals surface area contributed by atoms with Gasteiger partial charge in [0.05, 0.1) is 17.4 Å². The molecule has 10 nitrogen and oxygen atoms in total. The molecule has 0 bridgehead atoms. The molecule has 0 spiro atoms. The fourth-order valence-corrected chi connectivity index (χ4v) is 3.78. The Morgan fingerprint density at radius 2 is 1.87 bits per heavy atom. The molecule has 31 heavy (non-hydrogen) atoms. The molecule has 0 fully saturated rings. The van der Waals surface area contributed by atoms with Gasteiger partial charge < -0.3 is 9.13 Å². The summed E-state index contributed by atoms with van der Waals surface area (Å²) in [5, 5.41) is 2.92. The summed E-state index contributed by atoms with van der Waals surface area (Å²) in [6.07, 6.45) is 3.23. The van der Waals surface area contributed by atoms with Gasteiger partial charge in [-0.15, -0.1) is 0 Å². The van der Waals surface area contributed by atoms with E-state index in [-0.39, 0.29) is 12.3 Å². The number of aryl methyl sites for hydroxylation is 3. The van der Waals surface area contributed by atoms with Crippen molar-refractivity contribution in [3.05, 3.63) is 51.4 Å². The molecule has 3 aromatic heterocycles. The van der Waals surface area contributed by atoms with Crippen LogP contribution in [0, 0.1) is 0 Å². The molecule has 0 aliphatic carbocycles. The summed E-state index contributed by atoms with van der Waals surface area (Å²) in [6.45, 7) is 3.28. The van der Waals surface area contributed by atoms with Crippen LogP contribution < -0.4 is 16.6 Å². The highest BCUT2D eigenvalue weighted by Gasteiger charge is 2.15. The van der Waals surface area contributed by atoms with Gasteiger partial charge >= 0.3 is 5.69 Å².